The molecule has 28 heteroatoms. The Kier molecular flexibility index (Phi) is 49.0. The van der Waals surface area contributed by atoms with Crippen molar-refractivity contribution >= 4 is 64.4 Å². The van der Waals surface area contributed by atoms with Gasteiger partial charge in [0, 0.05) is 103 Å². The first kappa shape index (κ1) is 98.5. The zero-order valence-electron chi connectivity index (χ0n) is 68.9. The summed E-state index contributed by atoms with van der Waals surface area (Å²) >= 11 is 0. The average molecular weight is 1560 g/mol. The molecule has 0 radical (unpaired) electrons. The number of benzene rings is 2. The number of hydrogen-bond donors (Lipinski definition) is 5. The predicted octanol–water partition coefficient (Wildman–Crippen LogP) is 11.9. The normalized spacial score (nSPS) is 13.9. The second-order valence-corrected chi connectivity index (χ2v) is 28.0. The standard InChI is InChI=1S/C40H52N8O7.C13H22N2O2.C12H20O4.C11H18N2O2.C8H16O/c1-24-18-35(51)38(47(3)40(53)28(11-13-42)23-34(50)32-19-25(2)46-48(32)4)27-8-10-37(55-17-15-44)30(22-27)29-20-26(7-9-36(29)54-16-14-43)21-31(45-39(24)52)33(49)6-5-12-41;1-4-6-7-8-9-11-10-12(15(3)14-11)13(16)17-5-2;1-3-5-6-7-8-10(13)9-11(14)12(15)16-4-2;1-3-4-5-6-7-9-8-10(11(14)15)13(2)12-9;1-3-4-5-6-7-8(2)9/h7-10,19-20,22,24,28,31,38H,5-6,11,13-18,21,23,42-44H2,1-4H3,(H,45,52);10H,4-9H2,1-3H3;3-9H2,1-2H3;8H,3-7H2,1-2H3,(H,14,15);3-7H2,1-2H3/t24-,28-,31+,38+;;;;/m1..../s1. The molecule has 112 heavy (non-hydrogen) atoms. The number of carbonyl (C=O) groups is 11. The van der Waals surface area contributed by atoms with E-state index in [2.05, 4.69) is 53.0 Å². The van der Waals surface area contributed by atoms with Crippen LogP contribution in [0.5, 0.6) is 11.5 Å². The largest absolute Gasteiger partial charge is 0.492 e. The van der Waals surface area contributed by atoms with Crippen molar-refractivity contribution in [2.45, 2.75) is 248 Å². The van der Waals surface area contributed by atoms with Gasteiger partial charge in [-0.1, -0.05) is 124 Å². The van der Waals surface area contributed by atoms with Gasteiger partial charge < -0.3 is 56.3 Å². The molecule has 0 aliphatic carbocycles. The van der Waals surface area contributed by atoms with Gasteiger partial charge in [0.15, 0.2) is 17.3 Å². The highest BCUT2D eigenvalue weighted by molar-refractivity contribution is 6.37. The number of Topliss-reactive ketones (excluding diaryl/α,β-unsaturated/α-hetero) is 6. The van der Waals surface area contributed by atoms with Crippen molar-refractivity contribution in [3.8, 4) is 28.7 Å². The maximum atomic E-state index is 14.5. The highest BCUT2D eigenvalue weighted by Crippen LogP contribution is 2.41. The van der Waals surface area contributed by atoms with Crippen LogP contribution in [0.3, 0.4) is 0 Å². The molecule has 0 saturated heterocycles. The number of amides is 2. The van der Waals surface area contributed by atoms with Crippen molar-refractivity contribution in [2.24, 2.45) is 50.2 Å². The van der Waals surface area contributed by atoms with E-state index in [4.69, 9.17) is 41.8 Å². The quantitative estimate of drug-likeness (QED) is 0.00795. The SMILES string of the molecule is CCCCCCC(=O)CC(=O)C(=O)OCC.CCCCCCC(C)=O.CCCCCCc1cc(C(=O)O)n(C)n1.CCCCCCc1cc(C(=O)OCC)n(C)n1.Cc1cc(C(=O)C[C@@H](CCN)C(=O)N(C)[C@@H]2C(=O)C[C@@H](C)C(=O)N[C@H](C(=O)CCC#N)Cc3ccc(OCCN)c(c3)-c3cc2ccc3OCCN)n(C)n1. The molecule has 2 aromatic carbocycles. The van der Waals surface area contributed by atoms with Gasteiger partial charge in [-0.05, 0) is 139 Å². The van der Waals surface area contributed by atoms with Gasteiger partial charge in [-0.3, -0.25) is 47.6 Å². The number of esters is 2. The molecule has 0 spiro atoms. The van der Waals surface area contributed by atoms with Gasteiger partial charge in [0.1, 0.15) is 59.4 Å². The molecular formula is C84H128N12O16. The lowest BCUT2D eigenvalue weighted by Gasteiger charge is -2.32. The van der Waals surface area contributed by atoms with Gasteiger partial charge in [0.25, 0.3) is 0 Å². The summed E-state index contributed by atoms with van der Waals surface area (Å²) < 4.78 is 26.1. The van der Waals surface area contributed by atoms with E-state index >= 15 is 0 Å². The van der Waals surface area contributed by atoms with Gasteiger partial charge in [0.2, 0.25) is 17.6 Å². The number of carboxylic acid groups (broad SMARTS) is 1. The molecule has 1 aliphatic heterocycles. The summed E-state index contributed by atoms with van der Waals surface area (Å²) in [6.45, 7) is 18.6. The van der Waals surface area contributed by atoms with Crippen LogP contribution in [-0.4, -0.2) is 163 Å². The summed E-state index contributed by atoms with van der Waals surface area (Å²) in [5.74, 6) is -5.63. The fourth-order valence-corrected chi connectivity index (χ4v) is 12.3. The summed E-state index contributed by atoms with van der Waals surface area (Å²) in [5.41, 5.74) is 23.4. The van der Waals surface area contributed by atoms with E-state index in [0.29, 0.717) is 69.6 Å². The van der Waals surface area contributed by atoms with Crippen LogP contribution in [0.15, 0.2) is 54.6 Å². The first-order valence-corrected chi connectivity index (χ1v) is 39.9. The molecule has 2 amide bonds. The van der Waals surface area contributed by atoms with Crippen molar-refractivity contribution in [3.05, 3.63) is 99.9 Å². The Bertz CT molecular complexity index is 3810. The number of nitrogens with one attached hydrogen (secondary N) is 1. The van der Waals surface area contributed by atoms with Gasteiger partial charge >= 0.3 is 17.9 Å². The fourth-order valence-electron chi connectivity index (χ4n) is 12.3. The number of ether oxygens (including phenoxy) is 4. The molecule has 4 heterocycles. The van der Waals surface area contributed by atoms with Gasteiger partial charge in [0.05, 0.1) is 48.8 Å². The minimum Gasteiger partial charge on any atom is -0.492 e. The number of aromatic carboxylic acids is 1. The molecule has 0 fully saturated rings. The van der Waals surface area contributed by atoms with Crippen LogP contribution in [-0.2, 0) is 88.2 Å². The third-order valence-electron chi connectivity index (χ3n) is 18.3. The first-order chi connectivity index (χ1) is 53.5. The molecule has 8 N–H and O–H groups in total. The lowest BCUT2D eigenvalue weighted by molar-refractivity contribution is -0.154. The number of unbranched alkanes of at least 4 members (excludes halogenated alkanes) is 12. The maximum absolute atomic E-state index is 14.5. The van der Waals surface area contributed by atoms with Crippen molar-refractivity contribution in [1.82, 2.24) is 39.6 Å². The maximum Gasteiger partial charge on any atom is 0.375 e. The summed E-state index contributed by atoms with van der Waals surface area (Å²) in [6, 6.07) is 15.4. The number of aromatic nitrogens is 6. The molecule has 28 nitrogen and oxygen atoms in total. The van der Waals surface area contributed by atoms with Crippen LogP contribution in [0, 0.1) is 30.1 Å². The average Bonchev–Trinajstić information content (AvgIpc) is 1.13. The summed E-state index contributed by atoms with van der Waals surface area (Å²) in [6.07, 6.45) is 20.8. The van der Waals surface area contributed by atoms with Crippen LogP contribution in [0.1, 0.15) is 275 Å². The lowest BCUT2D eigenvalue weighted by Crippen LogP contribution is -2.46. The number of carbonyl (C=O) groups excluding carboxylic acids is 10. The Morgan fingerprint density at radius 1 is 0.643 bits per heavy atom. The Morgan fingerprint density at radius 3 is 1.67 bits per heavy atom. The molecule has 4 bridgehead atoms. The molecular weight excluding hydrogens is 1430 g/mol. The van der Waals surface area contributed by atoms with E-state index in [1.807, 2.05) is 18.2 Å². The van der Waals surface area contributed by atoms with Crippen molar-refractivity contribution in [3.63, 3.8) is 0 Å². The number of nitrogens with two attached hydrogens (primary N) is 3. The van der Waals surface area contributed by atoms with E-state index < -0.39 is 59.2 Å². The number of fused-ring (bicyclic) bond motifs is 5. The Balaban J connectivity index is 0.000000597. The number of ketones is 6. The minimum atomic E-state index is -1.20. The molecule has 620 valence electrons. The highest BCUT2D eigenvalue weighted by atomic mass is 16.5. The topological polar surface area (TPSA) is 416 Å². The summed E-state index contributed by atoms with van der Waals surface area (Å²) in [4.78, 5) is 137. The van der Waals surface area contributed by atoms with Crippen LogP contribution in [0.4, 0.5) is 0 Å². The van der Waals surface area contributed by atoms with E-state index in [-0.39, 0.29) is 113 Å². The molecule has 0 unspecified atom stereocenters. The van der Waals surface area contributed by atoms with E-state index in [9.17, 15) is 52.7 Å². The molecule has 1 aliphatic rings. The van der Waals surface area contributed by atoms with E-state index in [0.717, 1.165) is 75.6 Å². The number of nitrogens with zero attached hydrogens (tertiary/aromatic N) is 8. The number of nitriles is 1. The van der Waals surface area contributed by atoms with E-state index in [1.165, 1.54) is 79.1 Å². The van der Waals surface area contributed by atoms with Gasteiger partial charge in [-0.2, -0.15) is 20.6 Å². The van der Waals surface area contributed by atoms with E-state index in [1.54, 1.807) is 103 Å². The molecule has 5 aromatic rings. The molecule has 6 rings (SSSR count). The summed E-state index contributed by atoms with van der Waals surface area (Å²) in [5, 5.41) is 33.6. The second kappa shape index (κ2) is 55.8. The molecule has 4 atom stereocenters. The van der Waals surface area contributed by atoms with Crippen LogP contribution in [0.2, 0.25) is 0 Å². The molecule has 0 saturated carbocycles. The highest BCUT2D eigenvalue weighted by Gasteiger charge is 2.37. The third kappa shape index (κ3) is 36.3. The molecule has 3 aromatic heterocycles. The van der Waals surface area contributed by atoms with Crippen molar-refractivity contribution in [2.75, 3.05) is 53.1 Å². The number of carboxylic acids is 1. The van der Waals surface area contributed by atoms with Gasteiger partial charge in [-0.15, -0.1) is 0 Å². The summed E-state index contributed by atoms with van der Waals surface area (Å²) in [7, 11) is 6.60. The minimum absolute atomic E-state index is 0.0223. The van der Waals surface area contributed by atoms with Crippen LogP contribution < -0.4 is 32.0 Å². The monoisotopic (exact) mass is 1560 g/mol. The number of hydrogen-bond acceptors (Lipinski definition) is 22. The second-order valence-electron chi connectivity index (χ2n) is 28.0. The lowest BCUT2D eigenvalue weighted by atomic mass is 9.88. The van der Waals surface area contributed by atoms with Gasteiger partial charge in [-0.25, -0.2) is 14.4 Å². The zero-order chi connectivity index (χ0) is 83.7. The smallest absolute Gasteiger partial charge is 0.375 e. The fraction of sp³-hybridized carbons (Fsp3) is 0.607. The third-order valence-corrected chi connectivity index (χ3v) is 18.3. The Morgan fingerprint density at radius 2 is 1.17 bits per heavy atom. The van der Waals surface area contributed by atoms with Crippen LogP contribution >= 0.6 is 0 Å². The predicted molar refractivity (Wildman–Crippen MR) is 429 cm³/mol. The zero-order valence-corrected chi connectivity index (χ0v) is 68.9. The van der Waals surface area contributed by atoms with Crippen molar-refractivity contribution in [1.29, 1.82) is 5.26 Å². The Labute approximate surface area is 662 Å². The number of likely N-dealkylation sites (N-methyl/N-ethyl adjacent to an activating group) is 1. The Hall–Kier alpha value is -9.59. The number of aryl methyl sites for hydroxylation is 6. The van der Waals surface area contributed by atoms with Crippen LogP contribution in [0.25, 0.3) is 11.1 Å². The van der Waals surface area contributed by atoms with Crippen molar-refractivity contribution < 1.29 is 76.8 Å². The first-order valence-electron chi connectivity index (χ1n) is 39.9. The number of rotatable bonds is 43.